The summed E-state index contributed by atoms with van der Waals surface area (Å²) in [6.45, 7) is 4.90. The number of rotatable bonds is 2. The van der Waals surface area contributed by atoms with Crippen molar-refractivity contribution in [2.24, 2.45) is 0 Å². The standard InChI is InChI=1S/C10H9NO2S.C7H4FN.C4H9O.C3H6O2S.CH3F.K/c1-13-10(12)9-8(11)6-4-2-3-5-7(6)14-9;8-7-4-2-1-3-6(7)5-9;1-4(2,3)5;1-5-3(4)2-6;1-2;/h2-5H,11H2,1H3;1-4H;1-3H3;6H,2H2,1H3;1H3;/q;;-1;;;+1/i;;;;1D;. The van der Waals surface area contributed by atoms with Crippen LogP contribution in [0.2, 0.25) is 0 Å². The van der Waals surface area contributed by atoms with Crippen LogP contribution in [0, 0.1) is 17.1 Å². The van der Waals surface area contributed by atoms with Crippen LogP contribution >= 0.6 is 24.0 Å². The third kappa shape index (κ3) is 18.3. The first kappa shape index (κ1) is 37.6. The summed E-state index contributed by atoms with van der Waals surface area (Å²) in [5, 5.41) is 19.2. The number of methoxy groups -OCH3 is 2. The number of nitrogens with zero attached hydrogens (tertiary/aromatic N) is 1. The van der Waals surface area contributed by atoms with Crippen LogP contribution in [0.3, 0.4) is 0 Å². The summed E-state index contributed by atoms with van der Waals surface area (Å²) in [5.41, 5.74) is 5.68. The Hall–Kier alpha value is -1.56. The number of nitriles is 1. The number of ether oxygens (including phenoxy) is 2. The molecule has 0 atom stereocenters. The minimum absolute atomic E-state index is 0. The molecule has 1 heterocycles. The smallest absolute Gasteiger partial charge is 0.850 e. The van der Waals surface area contributed by atoms with Crippen LogP contribution in [0.25, 0.3) is 10.1 Å². The molecule has 0 amide bonds. The Morgan fingerprint density at radius 2 is 1.65 bits per heavy atom. The van der Waals surface area contributed by atoms with E-state index in [1.807, 2.05) is 24.3 Å². The minimum atomic E-state index is -1.00. The van der Waals surface area contributed by atoms with Crippen molar-refractivity contribution in [1.82, 2.24) is 0 Å². The van der Waals surface area contributed by atoms with Crippen molar-refractivity contribution in [3.8, 4) is 6.07 Å². The van der Waals surface area contributed by atoms with E-state index in [1.165, 1.54) is 37.7 Å². The van der Waals surface area contributed by atoms with Gasteiger partial charge in [0.1, 0.15) is 16.8 Å². The van der Waals surface area contributed by atoms with Crippen molar-refractivity contribution in [1.29, 1.82) is 5.26 Å². The number of hydrogen-bond donors (Lipinski definition) is 2. The maximum atomic E-state index is 12.4. The largest absolute Gasteiger partial charge is 1.00 e. The van der Waals surface area contributed by atoms with Gasteiger partial charge in [0.05, 0.1) is 39.7 Å². The van der Waals surface area contributed by atoms with Crippen LogP contribution < -0.4 is 62.2 Å². The van der Waals surface area contributed by atoms with E-state index >= 15 is 0 Å². The molecule has 2 aromatic carbocycles. The molecule has 3 aromatic rings. The number of halogens is 2. The second-order valence-electron chi connectivity index (χ2n) is 7.27. The number of nitrogens with two attached hydrogens (primary N) is 1. The van der Waals surface area contributed by atoms with Gasteiger partial charge in [-0.25, -0.2) is 9.18 Å². The Morgan fingerprint density at radius 3 is 2.00 bits per heavy atom. The average Bonchev–Trinajstić information content (AvgIpc) is 3.20. The van der Waals surface area contributed by atoms with Crippen molar-refractivity contribution >= 4 is 51.7 Å². The van der Waals surface area contributed by atoms with Crippen molar-refractivity contribution in [3.63, 3.8) is 0 Å². The normalized spacial score (nSPS) is 9.35. The van der Waals surface area contributed by atoms with Gasteiger partial charge in [-0.05, 0) is 18.2 Å². The number of alkyl halides is 1. The first-order valence-electron chi connectivity index (χ1n) is 10.7. The first-order valence-corrected chi connectivity index (χ1v) is 11.5. The molecular formula is C25H31F2KN2O5S2. The van der Waals surface area contributed by atoms with E-state index in [1.54, 1.807) is 39.0 Å². The van der Waals surface area contributed by atoms with E-state index in [0.29, 0.717) is 10.6 Å². The fourth-order valence-corrected chi connectivity index (χ4v) is 3.10. The Labute approximate surface area is 270 Å². The van der Waals surface area contributed by atoms with E-state index in [4.69, 9.17) is 12.4 Å². The fraction of sp³-hybridized carbons (Fsp3) is 0.320. The monoisotopic (exact) mass is 581 g/mol. The third-order valence-corrected chi connectivity index (χ3v) is 4.78. The quantitative estimate of drug-likeness (QED) is 0.269. The third-order valence-electron chi connectivity index (χ3n) is 3.36. The zero-order valence-corrected chi connectivity index (χ0v) is 26.5. The van der Waals surface area contributed by atoms with Gasteiger partial charge >= 0.3 is 63.3 Å². The minimum Gasteiger partial charge on any atom is -0.850 e. The van der Waals surface area contributed by atoms with E-state index < -0.39 is 18.6 Å². The van der Waals surface area contributed by atoms with E-state index in [-0.39, 0.29) is 74.6 Å². The summed E-state index contributed by atoms with van der Waals surface area (Å²) in [6, 6.07) is 15.2. The van der Waals surface area contributed by atoms with Gasteiger partial charge in [-0.2, -0.15) is 17.9 Å². The van der Waals surface area contributed by atoms with Crippen molar-refractivity contribution in [3.05, 3.63) is 64.8 Å². The molecule has 0 aliphatic heterocycles. The molecule has 0 fully saturated rings. The topological polar surface area (TPSA) is 125 Å². The second kappa shape index (κ2) is 22.4. The number of hydrogen-bond acceptors (Lipinski definition) is 9. The van der Waals surface area contributed by atoms with E-state index in [9.17, 15) is 23.5 Å². The number of fused-ring (bicyclic) bond motifs is 1. The van der Waals surface area contributed by atoms with E-state index in [2.05, 4.69) is 22.1 Å². The first-order chi connectivity index (χ1) is 17.3. The second-order valence-corrected chi connectivity index (χ2v) is 8.64. The van der Waals surface area contributed by atoms with Crippen LogP contribution in [-0.4, -0.2) is 44.7 Å². The molecule has 0 aliphatic carbocycles. The van der Waals surface area contributed by atoms with Crippen LogP contribution in [0.1, 0.15) is 37.4 Å². The molecule has 198 valence electrons. The van der Waals surface area contributed by atoms with Gasteiger partial charge in [-0.1, -0.05) is 51.1 Å². The number of benzene rings is 2. The number of carbonyl (C=O) groups excluding carboxylic acids is 2. The summed E-state index contributed by atoms with van der Waals surface area (Å²) in [7, 11) is 1.69. The van der Waals surface area contributed by atoms with Gasteiger partial charge in [-0.3, -0.25) is 9.18 Å². The number of thiol groups is 1. The zero-order valence-electron chi connectivity index (χ0n) is 22.7. The van der Waals surface area contributed by atoms with Crippen molar-refractivity contribution < 1.29 is 85.7 Å². The van der Waals surface area contributed by atoms with Gasteiger partial charge < -0.3 is 20.3 Å². The maximum Gasteiger partial charge on any atom is 1.00 e. The van der Waals surface area contributed by atoms with Gasteiger partial charge in [0.2, 0.25) is 0 Å². The maximum absolute atomic E-state index is 12.4. The van der Waals surface area contributed by atoms with Gasteiger partial charge in [-0.15, -0.1) is 16.9 Å². The number of carbonyl (C=O) groups is 2. The molecule has 0 spiro atoms. The van der Waals surface area contributed by atoms with E-state index in [0.717, 1.165) is 10.1 Å². The summed E-state index contributed by atoms with van der Waals surface area (Å²) in [4.78, 5) is 21.7. The number of nitrogen functional groups attached to an aromatic ring is 1. The zero-order chi connectivity index (χ0) is 29.0. The number of anilines is 1. The average molecular weight is 582 g/mol. The van der Waals surface area contributed by atoms with Crippen LogP contribution in [0.15, 0.2) is 48.5 Å². The molecule has 0 saturated carbocycles. The molecule has 3 rings (SSSR count). The van der Waals surface area contributed by atoms with Gasteiger partial charge in [0.25, 0.3) is 0 Å². The van der Waals surface area contributed by atoms with Crippen molar-refractivity contribution in [2.45, 2.75) is 26.4 Å². The molecule has 0 saturated heterocycles. The predicted molar refractivity (Wildman–Crippen MR) is 141 cm³/mol. The molecule has 0 aliphatic rings. The molecular weight excluding hydrogens is 550 g/mol. The summed E-state index contributed by atoms with van der Waals surface area (Å²) in [6.07, 6.45) is 0. The van der Waals surface area contributed by atoms with Crippen LogP contribution in [0.4, 0.5) is 14.5 Å². The molecule has 7 nitrogen and oxygen atoms in total. The number of esters is 2. The predicted octanol–water partition coefficient (Wildman–Crippen LogP) is 1.79. The van der Waals surface area contributed by atoms with Gasteiger partial charge in [0, 0.05) is 10.1 Å². The molecule has 37 heavy (non-hydrogen) atoms. The van der Waals surface area contributed by atoms with Gasteiger partial charge in [0.15, 0.2) is 0 Å². The molecule has 2 N–H and O–H groups in total. The van der Waals surface area contributed by atoms with Crippen molar-refractivity contribution in [2.75, 3.05) is 32.9 Å². The van der Waals surface area contributed by atoms with Crippen LogP contribution in [-0.2, 0) is 14.3 Å². The molecule has 12 heteroatoms. The Bertz CT molecular complexity index is 1130. The fourth-order valence-electron chi connectivity index (χ4n) is 1.93. The Balaban J connectivity index is -0.000000444. The molecule has 1 aromatic heterocycles. The van der Waals surface area contributed by atoms with Crippen LogP contribution in [0.5, 0.6) is 0 Å². The summed E-state index contributed by atoms with van der Waals surface area (Å²) in [5.74, 6) is -0.960. The SMILES string of the molecule is CC(C)(C)[O-].COC(=O)CS.COC(=O)c1sc2ccccc2c1N.N#Cc1ccccc1F.[2H]CF.[K+]. The number of thiophene rings is 1. The molecule has 0 radical (unpaired) electrons. The molecule has 0 bridgehead atoms. The Morgan fingerprint density at radius 1 is 1.16 bits per heavy atom. The Kier molecular flexibility index (Phi) is 22.8. The summed E-state index contributed by atoms with van der Waals surface area (Å²) < 4.78 is 37.7. The molecule has 0 unspecified atom stereocenters. The summed E-state index contributed by atoms with van der Waals surface area (Å²) >= 11 is 4.98.